The largest absolute Gasteiger partial charge is 0.448 e. The fraction of sp³-hybridized carbons (Fsp3) is 0.421. The molecule has 1 aliphatic rings. The van der Waals surface area contributed by atoms with Crippen LogP contribution in [0.5, 0.6) is 0 Å². The average molecular weight is 393 g/mol. The number of anilines is 1. The second-order valence-electron chi connectivity index (χ2n) is 6.47. The van der Waals surface area contributed by atoms with Gasteiger partial charge in [0.2, 0.25) is 0 Å². The van der Waals surface area contributed by atoms with E-state index in [1.807, 2.05) is 6.07 Å². The molecule has 138 valence electrons. The van der Waals surface area contributed by atoms with E-state index in [4.69, 9.17) is 16.3 Å². The quantitative estimate of drug-likeness (QED) is 0.761. The Morgan fingerprint density at radius 3 is 2.96 bits per heavy atom. The normalized spacial score (nSPS) is 17.3. The molecule has 3 rings (SSSR count). The Labute approximate surface area is 161 Å². The smallest absolute Gasteiger partial charge is 0.349 e. The van der Waals surface area contributed by atoms with Crippen molar-refractivity contribution in [3.63, 3.8) is 0 Å². The fourth-order valence-electron chi connectivity index (χ4n) is 3.00. The molecule has 0 radical (unpaired) electrons. The van der Waals surface area contributed by atoms with Crippen LogP contribution in [0.2, 0.25) is 5.02 Å². The van der Waals surface area contributed by atoms with Crippen LogP contribution in [0.4, 0.5) is 5.82 Å². The SMILES string of the molecule is CCC1CCc2sc(C(=O)OC(C)C(=O)Nc3ccc(Cl)cn3)cc2C1. The number of aromatic nitrogens is 1. The summed E-state index contributed by atoms with van der Waals surface area (Å²) in [5, 5.41) is 3.09. The van der Waals surface area contributed by atoms with E-state index in [0.717, 1.165) is 19.3 Å². The van der Waals surface area contributed by atoms with E-state index < -0.39 is 18.0 Å². The number of thiophene rings is 1. The molecule has 1 N–H and O–H groups in total. The fourth-order valence-corrected chi connectivity index (χ4v) is 4.20. The first-order valence-corrected chi connectivity index (χ1v) is 9.90. The van der Waals surface area contributed by atoms with Crippen LogP contribution < -0.4 is 5.32 Å². The van der Waals surface area contributed by atoms with Crippen LogP contribution in [0.3, 0.4) is 0 Å². The second kappa shape index (κ2) is 8.18. The standard InChI is InChI=1S/C19H21ClN2O3S/c1-3-12-4-6-15-13(8-12)9-16(26-15)19(24)25-11(2)18(23)22-17-7-5-14(20)10-21-17/h5,7,9-12H,3-4,6,8H2,1-2H3,(H,21,22,23). The van der Waals surface area contributed by atoms with E-state index in [1.165, 1.54) is 34.4 Å². The number of pyridine rings is 1. The number of rotatable bonds is 5. The molecule has 2 aromatic rings. The van der Waals surface area contributed by atoms with Crippen LogP contribution in [0, 0.1) is 5.92 Å². The lowest BCUT2D eigenvalue weighted by Gasteiger charge is -2.19. The van der Waals surface area contributed by atoms with Crippen molar-refractivity contribution in [2.75, 3.05) is 5.32 Å². The molecular formula is C19H21ClN2O3S. The van der Waals surface area contributed by atoms with Crippen LogP contribution in [-0.2, 0) is 22.4 Å². The van der Waals surface area contributed by atoms with Crippen LogP contribution in [-0.4, -0.2) is 23.0 Å². The number of nitrogens with zero attached hydrogens (tertiary/aromatic N) is 1. The molecule has 0 bridgehead atoms. The van der Waals surface area contributed by atoms with Gasteiger partial charge in [-0.2, -0.15) is 0 Å². The van der Waals surface area contributed by atoms with E-state index in [0.29, 0.717) is 21.6 Å². The summed E-state index contributed by atoms with van der Waals surface area (Å²) >= 11 is 7.25. The molecule has 2 aromatic heterocycles. The maximum Gasteiger partial charge on any atom is 0.349 e. The zero-order valence-electron chi connectivity index (χ0n) is 14.8. The zero-order valence-corrected chi connectivity index (χ0v) is 16.3. The highest BCUT2D eigenvalue weighted by atomic mass is 35.5. The van der Waals surface area contributed by atoms with E-state index in [1.54, 1.807) is 19.1 Å². The molecule has 7 heteroatoms. The number of ether oxygens (including phenoxy) is 1. The molecule has 0 fully saturated rings. The molecule has 0 aromatic carbocycles. The van der Waals surface area contributed by atoms with Gasteiger partial charge >= 0.3 is 5.97 Å². The maximum absolute atomic E-state index is 12.4. The van der Waals surface area contributed by atoms with Gasteiger partial charge in [-0.3, -0.25) is 4.79 Å². The lowest BCUT2D eigenvalue weighted by Crippen LogP contribution is -2.30. The number of carbonyl (C=O) groups excluding carboxylic acids is 2. The Morgan fingerprint density at radius 1 is 1.46 bits per heavy atom. The van der Waals surface area contributed by atoms with Crippen molar-refractivity contribution in [3.8, 4) is 0 Å². The highest BCUT2D eigenvalue weighted by Crippen LogP contribution is 2.33. The van der Waals surface area contributed by atoms with E-state index in [9.17, 15) is 9.59 Å². The van der Waals surface area contributed by atoms with Gasteiger partial charge in [-0.25, -0.2) is 9.78 Å². The maximum atomic E-state index is 12.4. The molecule has 0 spiro atoms. The van der Waals surface area contributed by atoms with Crippen molar-refractivity contribution in [1.82, 2.24) is 4.98 Å². The number of hydrogen-bond acceptors (Lipinski definition) is 5. The van der Waals surface area contributed by atoms with E-state index in [2.05, 4.69) is 17.2 Å². The third kappa shape index (κ3) is 4.43. The predicted octanol–water partition coefficient (Wildman–Crippen LogP) is 4.50. The van der Waals surface area contributed by atoms with Gasteiger partial charge in [0.05, 0.1) is 5.02 Å². The summed E-state index contributed by atoms with van der Waals surface area (Å²) in [5.74, 6) is 0.168. The molecular weight excluding hydrogens is 372 g/mol. The second-order valence-corrected chi connectivity index (χ2v) is 8.05. The molecule has 1 amide bonds. The summed E-state index contributed by atoms with van der Waals surface area (Å²) in [6, 6.07) is 5.14. The summed E-state index contributed by atoms with van der Waals surface area (Å²) in [6.45, 7) is 3.75. The molecule has 0 saturated carbocycles. The van der Waals surface area contributed by atoms with Crippen molar-refractivity contribution in [2.24, 2.45) is 5.92 Å². The first-order valence-electron chi connectivity index (χ1n) is 8.71. The average Bonchev–Trinajstić information content (AvgIpc) is 3.06. The predicted molar refractivity (Wildman–Crippen MR) is 103 cm³/mol. The van der Waals surface area contributed by atoms with Crippen LogP contribution in [0.1, 0.15) is 46.8 Å². The first-order chi connectivity index (χ1) is 12.5. The van der Waals surface area contributed by atoms with Crippen LogP contribution >= 0.6 is 22.9 Å². The molecule has 5 nitrogen and oxygen atoms in total. The van der Waals surface area contributed by atoms with E-state index in [-0.39, 0.29) is 0 Å². The number of amides is 1. The van der Waals surface area contributed by atoms with Crippen molar-refractivity contribution >= 4 is 40.6 Å². The summed E-state index contributed by atoms with van der Waals surface area (Å²) in [7, 11) is 0. The number of aryl methyl sites for hydroxylation is 1. The topological polar surface area (TPSA) is 68.3 Å². The summed E-state index contributed by atoms with van der Waals surface area (Å²) < 4.78 is 5.33. The van der Waals surface area contributed by atoms with Gasteiger partial charge in [-0.1, -0.05) is 24.9 Å². The van der Waals surface area contributed by atoms with Crippen LogP contribution in [0.15, 0.2) is 24.4 Å². The Hall–Kier alpha value is -1.92. The van der Waals surface area contributed by atoms with Crippen molar-refractivity contribution in [2.45, 2.75) is 45.6 Å². The summed E-state index contributed by atoms with van der Waals surface area (Å²) in [6.07, 6.45) is 4.89. The highest BCUT2D eigenvalue weighted by Gasteiger charge is 2.25. The number of hydrogen-bond donors (Lipinski definition) is 1. The molecule has 2 heterocycles. The van der Waals surface area contributed by atoms with Crippen LogP contribution in [0.25, 0.3) is 0 Å². The molecule has 1 aliphatic carbocycles. The zero-order chi connectivity index (χ0) is 18.7. The lowest BCUT2D eigenvalue weighted by atomic mass is 9.87. The molecule has 2 unspecified atom stereocenters. The first kappa shape index (κ1) is 18.9. The summed E-state index contributed by atoms with van der Waals surface area (Å²) in [4.78, 5) is 30.4. The summed E-state index contributed by atoms with van der Waals surface area (Å²) in [5.41, 5.74) is 1.25. The Bertz CT molecular complexity index is 804. The number of fused-ring (bicyclic) bond motifs is 1. The molecule has 0 saturated heterocycles. The minimum Gasteiger partial charge on any atom is -0.448 e. The molecule has 0 aliphatic heterocycles. The number of nitrogens with one attached hydrogen (secondary N) is 1. The minimum atomic E-state index is -0.914. The van der Waals surface area contributed by atoms with Gasteiger partial charge in [0.15, 0.2) is 6.10 Å². The Kier molecular flexibility index (Phi) is 5.94. The van der Waals surface area contributed by atoms with Gasteiger partial charge in [-0.15, -0.1) is 11.3 Å². The van der Waals surface area contributed by atoms with Crippen molar-refractivity contribution in [1.29, 1.82) is 0 Å². The lowest BCUT2D eigenvalue weighted by molar-refractivity contribution is -0.123. The van der Waals surface area contributed by atoms with Crippen molar-refractivity contribution < 1.29 is 14.3 Å². The third-order valence-corrected chi connectivity index (χ3v) is 6.04. The number of carbonyl (C=O) groups is 2. The molecule has 2 atom stereocenters. The number of esters is 1. The Balaban J connectivity index is 1.59. The third-order valence-electron chi connectivity index (χ3n) is 4.60. The van der Waals surface area contributed by atoms with Gasteiger partial charge in [0.25, 0.3) is 5.91 Å². The minimum absolute atomic E-state index is 0.361. The van der Waals surface area contributed by atoms with Gasteiger partial charge in [-0.05, 0) is 55.9 Å². The van der Waals surface area contributed by atoms with Gasteiger partial charge in [0.1, 0.15) is 10.7 Å². The Morgan fingerprint density at radius 2 is 2.27 bits per heavy atom. The van der Waals surface area contributed by atoms with Gasteiger partial charge in [0, 0.05) is 11.1 Å². The van der Waals surface area contributed by atoms with Crippen molar-refractivity contribution in [3.05, 3.63) is 44.7 Å². The van der Waals surface area contributed by atoms with E-state index >= 15 is 0 Å². The molecule has 26 heavy (non-hydrogen) atoms. The monoisotopic (exact) mass is 392 g/mol. The highest BCUT2D eigenvalue weighted by molar-refractivity contribution is 7.14. The van der Waals surface area contributed by atoms with Gasteiger partial charge < -0.3 is 10.1 Å². The number of halogens is 1.